The van der Waals surface area contributed by atoms with Gasteiger partial charge in [0.2, 0.25) is 0 Å². The number of ether oxygens (including phenoxy) is 1. The van der Waals surface area contributed by atoms with Crippen LogP contribution in [0.25, 0.3) is 0 Å². The first-order valence-corrected chi connectivity index (χ1v) is 11.3. The van der Waals surface area contributed by atoms with E-state index in [0.717, 1.165) is 42.4 Å². The average molecular weight is 442 g/mol. The van der Waals surface area contributed by atoms with Crippen molar-refractivity contribution >= 4 is 34.0 Å². The van der Waals surface area contributed by atoms with Gasteiger partial charge in [-0.05, 0) is 43.2 Å². The first-order valence-electron chi connectivity index (χ1n) is 10.0. The molecule has 0 bridgehead atoms. The van der Waals surface area contributed by atoms with Gasteiger partial charge in [-0.2, -0.15) is 0 Å². The standard InChI is InChI=1S/C23H24ClN3O2S/c1-17-16-30-23(25-17)27-12-4-11-26(13-14-27)22(28)20-5-2-3-6-21(20)29-15-18-7-9-19(24)10-8-18/h2-3,5-10,16H,4,11-15H2,1H3. The van der Waals surface area contributed by atoms with Gasteiger partial charge in [-0.3, -0.25) is 4.79 Å². The third-order valence-corrected chi connectivity index (χ3v) is 6.36. The van der Waals surface area contributed by atoms with Crippen LogP contribution in [0.3, 0.4) is 0 Å². The van der Waals surface area contributed by atoms with Gasteiger partial charge in [0.1, 0.15) is 12.4 Å². The van der Waals surface area contributed by atoms with E-state index in [1.807, 2.05) is 60.4 Å². The van der Waals surface area contributed by atoms with Gasteiger partial charge >= 0.3 is 0 Å². The molecular weight excluding hydrogens is 418 g/mol. The quantitative estimate of drug-likeness (QED) is 0.556. The summed E-state index contributed by atoms with van der Waals surface area (Å²) >= 11 is 7.61. The van der Waals surface area contributed by atoms with Crippen LogP contribution in [0.15, 0.2) is 53.9 Å². The third-order valence-electron chi connectivity index (χ3n) is 5.09. The maximum atomic E-state index is 13.3. The largest absolute Gasteiger partial charge is 0.488 e. The number of aryl methyl sites for hydroxylation is 1. The van der Waals surface area contributed by atoms with Gasteiger partial charge < -0.3 is 14.5 Å². The zero-order valence-corrected chi connectivity index (χ0v) is 18.5. The Morgan fingerprint density at radius 1 is 1.10 bits per heavy atom. The van der Waals surface area contributed by atoms with E-state index in [2.05, 4.69) is 15.3 Å². The minimum absolute atomic E-state index is 0.0128. The molecule has 0 radical (unpaired) electrons. The molecule has 0 saturated carbocycles. The summed E-state index contributed by atoms with van der Waals surface area (Å²) in [5, 5.41) is 3.79. The van der Waals surface area contributed by atoms with Crippen molar-refractivity contribution in [1.29, 1.82) is 0 Å². The number of hydrogen-bond acceptors (Lipinski definition) is 5. The van der Waals surface area contributed by atoms with Gasteiger partial charge in [0, 0.05) is 36.6 Å². The lowest BCUT2D eigenvalue weighted by atomic mass is 10.1. The first-order chi connectivity index (χ1) is 14.6. The molecule has 1 amide bonds. The summed E-state index contributed by atoms with van der Waals surface area (Å²) in [6.07, 6.45) is 0.915. The SMILES string of the molecule is Cc1csc(N2CCCN(C(=O)c3ccccc3OCc3ccc(Cl)cc3)CC2)n1. The molecule has 30 heavy (non-hydrogen) atoms. The van der Waals surface area contributed by atoms with E-state index in [0.29, 0.717) is 29.5 Å². The summed E-state index contributed by atoms with van der Waals surface area (Å²) in [6, 6.07) is 15.0. The fourth-order valence-corrected chi connectivity index (χ4v) is 4.46. The van der Waals surface area contributed by atoms with Crippen LogP contribution in [0.1, 0.15) is 28.0 Å². The highest BCUT2D eigenvalue weighted by Gasteiger charge is 2.23. The number of halogens is 1. The minimum atomic E-state index is 0.0128. The number of hydrogen-bond donors (Lipinski definition) is 0. The number of carbonyl (C=O) groups excluding carboxylic acids is 1. The molecule has 156 valence electrons. The van der Waals surface area contributed by atoms with E-state index < -0.39 is 0 Å². The monoisotopic (exact) mass is 441 g/mol. The van der Waals surface area contributed by atoms with Crippen LogP contribution in [0.5, 0.6) is 5.75 Å². The fraction of sp³-hybridized carbons (Fsp3) is 0.304. The summed E-state index contributed by atoms with van der Waals surface area (Å²) in [5.74, 6) is 0.618. The second kappa shape index (κ2) is 9.49. The van der Waals surface area contributed by atoms with Crippen LogP contribution < -0.4 is 9.64 Å². The van der Waals surface area contributed by atoms with Crippen molar-refractivity contribution in [2.24, 2.45) is 0 Å². The highest BCUT2D eigenvalue weighted by Crippen LogP contribution is 2.24. The molecule has 4 rings (SSSR count). The van der Waals surface area contributed by atoms with Crippen molar-refractivity contribution < 1.29 is 9.53 Å². The van der Waals surface area contributed by atoms with Crippen LogP contribution in [0.2, 0.25) is 5.02 Å². The van der Waals surface area contributed by atoms with Crippen molar-refractivity contribution in [2.45, 2.75) is 20.0 Å². The lowest BCUT2D eigenvalue weighted by molar-refractivity contribution is 0.0762. The molecular formula is C23H24ClN3O2S. The van der Waals surface area contributed by atoms with E-state index in [4.69, 9.17) is 16.3 Å². The van der Waals surface area contributed by atoms with Crippen LogP contribution in [0.4, 0.5) is 5.13 Å². The van der Waals surface area contributed by atoms with Crippen LogP contribution in [0, 0.1) is 6.92 Å². The second-order valence-corrected chi connectivity index (χ2v) is 8.59. The predicted molar refractivity (Wildman–Crippen MR) is 122 cm³/mol. The Morgan fingerprint density at radius 3 is 2.67 bits per heavy atom. The zero-order valence-electron chi connectivity index (χ0n) is 16.9. The smallest absolute Gasteiger partial charge is 0.257 e. The molecule has 5 nitrogen and oxygen atoms in total. The van der Waals surface area contributed by atoms with E-state index in [-0.39, 0.29) is 5.91 Å². The van der Waals surface area contributed by atoms with Gasteiger partial charge in [0.25, 0.3) is 5.91 Å². The Balaban J connectivity index is 1.43. The molecule has 3 aromatic rings. The zero-order chi connectivity index (χ0) is 20.9. The van der Waals surface area contributed by atoms with E-state index >= 15 is 0 Å². The molecule has 0 spiro atoms. The number of nitrogens with zero attached hydrogens (tertiary/aromatic N) is 3. The van der Waals surface area contributed by atoms with Crippen molar-refractivity contribution in [3.8, 4) is 5.75 Å². The Labute approximate surface area is 185 Å². The van der Waals surface area contributed by atoms with Gasteiger partial charge in [0.05, 0.1) is 11.3 Å². The van der Waals surface area contributed by atoms with Crippen LogP contribution in [-0.2, 0) is 6.61 Å². The molecule has 0 unspecified atom stereocenters. The van der Waals surface area contributed by atoms with Crippen molar-refractivity contribution in [1.82, 2.24) is 9.88 Å². The highest BCUT2D eigenvalue weighted by molar-refractivity contribution is 7.13. The van der Waals surface area contributed by atoms with Gasteiger partial charge in [0.15, 0.2) is 5.13 Å². The lowest BCUT2D eigenvalue weighted by Gasteiger charge is -2.23. The fourth-order valence-electron chi connectivity index (χ4n) is 3.48. The number of thiazole rings is 1. The summed E-state index contributed by atoms with van der Waals surface area (Å²) < 4.78 is 5.99. The molecule has 1 aliphatic rings. The predicted octanol–water partition coefficient (Wildman–Crippen LogP) is 5.04. The third kappa shape index (κ3) is 4.94. The van der Waals surface area contributed by atoms with Gasteiger partial charge in [-0.1, -0.05) is 35.9 Å². The van der Waals surface area contributed by atoms with E-state index in [9.17, 15) is 4.79 Å². The average Bonchev–Trinajstić information content (AvgIpc) is 3.05. The molecule has 1 aliphatic heterocycles. The Kier molecular flexibility index (Phi) is 6.55. The first kappa shape index (κ1) is 20.7. The van der Waals surface area contributed by atoms with Crippen molar-refractivity contribution in [3.63, 3.8) is 0 Å². The molecule has 1 fully saturated rings. The summed E-state index contributed by atoms with van der Waals surface area (Å²) in [7, 11) is 0. The topological polar surface area (TPSA) is 45.7 Å². The van der Waals surface area contributed by atoms with Gasteiger partial charge in [-0.25, -0.2) is 4.98 Å². The lowest BCUT2D eigenvalue weighted by Crippen LogP contribution is -2.35. The number of para-hydroxylation sites is 1. The minimum Gasteiger partial charge on any atom is -0.488 e. The summed E-state index contributed by atoms with van der Waals surface area (Å²) in [4.78, 5) is 22.1. The van der Waals surface area contributed by atoms with Gasteiger partial charge in [-0.15, -0.1) is 11.3 Å². The molecule has 0 aliphatic carbocycles. The highest BCUT2D eigenvalue weighted by atomic mass is 35.5. The maximum Gasteiger partial charge on any atom is 0.257 e. The molecule has 2 aromatic carbocycles. The summed E-state index contributed by atoms with van der Waals surface area (Å²) in [5.41, 5.74) is 2.65. The van der Waals surface area contributed by atoms with E-state index in [1.165, 1.54) is 0 Å². The Bertz CT molecular complexity index is 1010. The molecule has 0 atom stereocenters. The molecule has 0 N–H and O–H groups in total. The van der Waals surface area contributed by atoms with Crippen molar-refractivity contribution in [2.75, 3.05) is 31.1 Å². The number of rotatable bonds is 5. The van der Waals surface area contributed by atoms with Crippen LogP contribution >= 0.6 is 22.9 Å². The number of benzene rings is 2. The number of carbonyl (C=O) groups is 1. The molecule has 1 aromatic heterocycles. The number of amides is 1. The number of aromatic nitrogens is 1. The van der Waals surface area contributed by atoms with Crippen LogP contribution in [-0.4, -0.2) is 42.0 Å². The number of anilines is 1. The van der Waals surface area contributed by atoms with E-state index in [1.54, 1.807) is 11.3 Å². The second-order valence-electron chi connectivity index (χ2n) is 7.32. The van der Waals surface area contributed by atoms with Crippen molar-refractivity contribution in [3.05, 3.63) is 75.8 Å². The summed E-state index contributed by atoms with van der Waals surface area (Å²) in [6.45, 7) is 5.49. The Morgan fingerprint density at radius 2 is 1.90 bits per heavy atom. The molecule has 1 saturated heterocycles. The normalized spacial score (nSPS) is 14.5. The maximum absolute atomic E-state index is 13.3. The Hall–Kier alpha value is -2.57. The molecule has 7 heteroatoms. The molecule has 2 heterocycles.